The van der Waals surface area contributed by atoms with Crippen LogP contribution in [0.15, 0.2) is 48.5 Å². The van der Waals surface area contributed by atoms with Crippen molar-refractivity contribution in [2.45, 2.75) is 6.54 Å². The number of benzene rings is 2. The van der Waals surface area contributed by atoms with Crippen LogP contribution in [0.4, 0.5) is 17.3 Å². The number of nitrogens with zero attached hydrogens (tertiary/aromatic N) is 3. The summed E-state index contributed by atoms with van der Waals surface area (Å²) in [6.45, 7) is 0.603. The lowest BCUT2D eigenvalue weighted by Gasteiger charge is -2.14. The molecule has 0 saturated heterocycles. The second kappa shape index (κ2) is 7.83. The Bertz CT molecular complexity index is 896. The number of phenols is 1. The standard InChI is InChI=1S/C18H19N5O2S/c1-23(2)18(25)13-9-6-10-14(15(13)24)20-17-16(21-26-22-17)19-11-12-7-4-3-5-8-12/h3-10,24H,11H2,1-2H3,(H,19,21)(H,20,22). The first-order valence-corrected chi connectivity index (χ1v) is 8.70. The normalized spacial score (nSPS) is 10.4. The fourth-order valence-corrected chi connectivity index (χ4v) is 2.84. The monoisotopic (exact) mass is 369 g/mol. The predicted molar refractivity (Wildman–Crippen MR) is 103 cm³/mol. The molecule has 0 unspecified atom stereocenters. The first-order chi connectivity index (χ1) is 12.6. The van der Waals surface area contributed by atoms with Gasteiger partial charge in [0.15, 0.2) is 17.4 Å². The Morgan fingerprint density at radius 3 is 2.54 bits per heavy atom. The van der Waals surface area contributed by atoms with Gasteiger partial charge in [0.25, 0.3) is 5.91 Å². The Balaban J connectivity index is 1.77. The summed E-state index contributed by atoms with van der Waals surface area (Å²) in [4.78, 5) is 13.6. The van der Waals surface area contributed by atoms with E-state index in [1.165, 1.54) is 4.90 Å². The van der Waals surface area contributed by atoms with E-state index >= 15 is 0 Å². The zero-order chi connectivity index (χ0) is 18.5. The Kier molecular flexibility index (Phi) is 5.33. The van der Waals surface area contributed by atoms with Crippen LogP contribution in [0.3, 0.4) is 0 Å². The number of hydrogen-bond acceptors (Lipinski definition) is 7. The van der Waals surface area contributed by atoms with Crippen LogP contribution in [0.2, 0.25) is 0 Å². The highest BCUT2D eigenvalue weighted by molar-refractivity contribution is 6.99. The largest absolute Gasteiger partial charge is 0.505 e. The van der Waals surface area contributed by atoms with Crippen molar-refractivity contribution in [2.75, 3.05) is 24.7 Å². The number of para-hydroxylation sites is 1. The molecule has 8 heteroatoms. The zero-order valence-corrected chi connectivity index (χ0v) is 15.2. The van der Waals surface area contributed by atoms with Gasteiger partial charge >= 0.3 is 0 Å². The average molecular weight is 369 g/mol. The highest BCUT2D eigenvalue weighted by atomic mass is 32.1. The molecule has 26 heavy (non-hydrogen) atoms. The Morgan fingerprint density at radius 2 is 1.81 bits per heavy atom. The van der Waals surface area contributed by atoms with E-state index in [0.29, 0.717) is 23.9 Å². The van der Waals surface area contributed by atoms with Gasteiger partial charge in [-0.05, 0) is 17.7 Å². The van der Waals surface area contributed by atoms with Crippen molar-refractivity contribution >= 4 is 35.0 Å². The van der Waals surface area contributed by atoms with Gasteiger partial charge in [0, 0.05) is 20.6 Å². The van der Waals surface area contributed by atoms with Crippen molar-refractivity contribution < 1.29 is 9.90 Å². The summed E-state index contributed by atoms with van der Waals surface area (Å²) in [5, 5.41) is 16.7. The first kappa shape index (κ1) is 17.7. The lowest BCUT2D eigenvalue weighted by atomic mass is 10.1. The van der Waals surface area contributed by atoms with Gasteiger partial charge in [0.2, 0.25) is 0 Å². The van der Waals surface area contributed by atoms with E-state index in [1.54, 1.807) is 32.3 Å². The van der Waals surface area contributed by atoms with Crippen molar-refractivity contribution in [3.8, 4) is 5.75 Å². The molecule has 1 aromatic heterocycles. The van der Waals surface area contributed by atoms with Gasteiger partial charge in [0.05, 0.1) is 23.0 Å². The Labute approximate surface area is 155 Å². The second-order valence-electron chi connectivity index (χ2n) is 5.83. The summed E-state index contributed by atoms with van der Waals surface area (Å²) < 4.78 is 8.47. The number of carbonyl (C=O) groups is 1. The summed E-state index contributed by atoms with van der Waals surface area (Å²) >= 11 is 1.06. The molecular weight excluding hydrogens is 350 g/mol. The van der Waals surface area contributed by atoms with E-state index in [9.17, 15) is 9.90 Å². The van der Waals surface area contributed by atoms with Crippen molar-refractivity contribution in [3.05, 3.63) is 59.7 Å². The van der Waals surface area contributed by atoms with Gasteiger partial charge in [-0.2, -0.15) is 8.75 Å². The number of anilines is 3. The molecule has 0 bridgehead atoms. The summed E-state index contributed by atoms with van der Waals surface area (Å²) in [6, 6.07) is 14.9. The Morgan fingerprint density at radius 1 is 1.08 bits per heavy atom. The molecule has 0 atom stereocenters. The Hall–Kier alpha value is -3.13. The third-order valence-corrected chi connectivity index (χ3v) is 4.25. The van der Waals surface area contributed by atoms with Crippen LogP contribution in [0.1, 0.15) is 15.9 Å². The van der Waals surface area contributed by atoms with Crippen LogP contribution in [-0.2, 0) is 6.54 Å². The van der Waals surface area contributed by atoms with E-state index in [0.717, 1.165) is 17.3 Å². The summed E-state index contributed by atoms with van der Waals surface area (Å²) in [6.07, 6.45) is 0. The van der Waals surface area contributed by atoms with E-state index in [4.69, 9.17) is 0 Å². The molecule has 0 fully saturated rings. The van der Waals surface area contributed by atoms with Gasteiger partial charge in [0.1, 0.15) is 0 Å². The molecule has 0 spiro atoms. The van der Waals surface area contributed by atoms with Gasteiger partial charge in [-0.1, -0.05) is 36.4 Å². The molecule has 2 aromatic carbocycles. The maximum atomic E-state index is 12.1. The van der Waals surface area contributed by atoms with Crippen molar-refractivity contribution in [3.63, 3.8) is 0 Å². The van der Waals surface area contributed by atoms with Crippen molar-refractivity contribution in [1.82, 2.24) is 13.6 Å². The van der Waals surface area contributed by atoms with E-state index in [1.807, 2.05) is 30.3 Å². The predicted octanol–water partition coefficient (Wildman–Crippen LogP) is 3.30. The van der Waals surface area contributed by atoms with Gasteiger partial charge < -0.3 is 20.6 Å². The third kappa shape index (κ3) is 3.92. The number of rotatable bonds is 6. The van der Waals surface area contributed by atoms with Crippen molar-refractivity contribution in [2.24, 2.45) is 0 Å². The van der Waals surface area contributed by atoms with Crippen LogP contribution in [0.25, 0.3) is 0 Å². The molecule has 1 heterocycles. The quantitative estimate of drug-likeness (QED) is 0.578. The number of hydrogen-bond donors (Lipinski definition) is 3. The van der Waals surface area contributed by atoms with Crippen LogP contribution in [0.5, 0.6) is 5.75 Å². The minimum Gasteiger partial charge on any atom is -0.505 e. The molecule has 0 aliphatic heterocycles. The van der Waals surface area contributed by atoms with Crippen LogP contribution in [-0.4, -0.2) is 38.8 Å². The van der Waals surface area contributed by atoms with Crippen LogP contribution < -0.4 is 10.6 Å². The maximum absolute atomic E-state index is 12.1. The molecule has 3 aromatic rings. The highest BCUT2D eigenvalue weighted by Gasteiger charge is 2.17. The lowest BCUT2D eigenvalue weighted by molar-refractivity contribution is 0.0824. The SMILES string of the molecule is CN(C)C(=O)c1cccc(Nc2nsnc2NCc2ccccc2)c1O. The molecule has 134 valence electrons. The van der Waals surface area contributed by atoms with Gasteiger partial charge in [-0.25, -0.2) is 0 Å². The molecular formula is C18H19N5O2S. The number of nitrogens with one attached hydrogen (secondary N) is 2. The highest BCUT2D eigenvalue weighted by Crippen LogP contribution is 2.32. The van der Waals surface area contributed by atoms with E-state index in [2.05, 4.69) is 19.4 Å². The summed E-state index contributed by atoms with van der Waals surface area (Å²) in [5.74, 6) is 0.691. The van der Waals surface area contributed by atoms with Gasteiger partial charge in [-0.15, -0.1) is 0 Å². The summed E-state index contributed by atoms with van der Waals surface area (Å²) in [7, 11) is 3.27. The number of phenolic OH excluding ortho intramolecular Hbond substituents is 1. The summed E-state index contributed by atoms with van der Waals surface area (Å²) in [5.41, 5.74) is 1.74. The van der Waals surface area contributed by atoms with Crippen LogP contribution in [0, 0.1) is 0 Å². The van der Waals surface area contributed by atoms with E-state index < -0.39 is 0 Å². The fraction of sp³-hybridized carbons (Fsp3) is 0.167. The second-order valence-corrected chi connectivity index (χ2v) is 6.36. The number of carbonyl (C=O) groups excluding carboxylic acids is 1. The fourth-order valence-electron chi connectivity index (χ4n) is 2.35. The molecule has 3 rings (SSSR count). The zero-order valence-electron chi connectivity index (χ0n) is 14.4. The van der Waals surface area contributed by atoms with Crippen molar-refractivity contribution in [1.29, 1.82) is 0 Å². The smallest absolute Gasteiger partial charge is 0.257 e. The molecule has 0 aliphatic rings. The molecule has 1 amide bonds. The minimum atomic E-state index is -0.273. The molecule has 7 nitrogen and oxygen atoms in total. The number of aromatic nitrogens is 2. The molecule has 0 saturated carbocycles. The number of amides is 1. The topological polar surface area (TPSA) is 90.4 Å². The average Bonchev–Trinajstić information content (AvgIpc) is 3.09. The molecule has 3 N–H and O–H groups in total. The van der Waals surface area contributed by atoms with Gasteiger partial charge in [-0.3, -0.25) is 4.79 Å². The first-order valence-electron chi connectivity index (χ1n) is 7.97. The lowest BCUT2D eigenvalue weighted by Crippen LogP contribution is -2.21. The maximum Gasteiger partial charge on any atom is 0.257 e. The van der Waals surface area contributed by atoms with Crippen LogP contribution >= 0.6 is 11.7 Å². The van der Waals surface area contributed by atoms with E-state index in [-0.39, 0.29) is 17.2 Å². The molecule has 0 aliphatic carbocycles. The molecule has 0 radical (unpaired) electrons. The number of aromatic hydroxyl groups is 1. The minimum absolute atomic E-state index is 0.117. The third-order valence-electron chi connectivity index (χ3n) is 3.72.